The first-order valence-electron chi connectivity index (χ1n) is 8.70. The minimum absolute atomic E-state index is 0.161. The molecule has 0 radical (unpaired) electrons. The molecule has 3 rings (SSSR count). The van der Waals surface area contributed by atoms with Gasteiger partial charge in [-0.3, -0.25) is 0 Å². The van der Waals surface area contributed by atoms with Crippen LogP contribution in [0.5, 0.6) is 0 Å². The second-order valence-corrected chi connectivity index (χ2v) is 9.01. The van der Waals surface area contributed by atoms with Gasteiger partial charge in [0.2, 0.25) is 10.0 Å². The van der Waals surface area contributed by atoms with Crippen LogP contribution in [0, 0.1) is 6.57 Å². The zero-order chi connectivity index (χ0) is 18.7. The van der Waals surface area contributed by atoms with E-state index in [-0.39, 0.29) is 6.04 Å². The highest BCUT2D eigenvalue weighted by molar-refractivity contribution is 7.90. The van der Waals surface area contributed by atoms with Crippen LogP contribution in [0.4, 0.5) is 5.69 Å². The summed E-state index contributed by atoms with van der Waals surface area (Å²) in [5.41, 5.74) is 4.84. The number of nitrogens with zero attached hydrogens (tertiary/aromatic N) is 1. The molecule has 0 heterocycles. The van der Waals surface area contributed by atoms with Crippen LogP contribution in [-0.4, -0.2) is 19.7 Å². The number of allylic oxidation sites excluding steroid dienone is 1. The minimum Gasteiger partial charge on any atom is -0.238 e. The van der Waals surface area contributed by atoms with Crippen molar-refractivity contribution in [1.29, 1.82) is 0 Å². The fraction of sp³-hybridized carbons (Fsp3) is 0.286. The lowest BCUT2D eigenvalue weighted by Crippen LogP contribution is -2.38. The smallest absolute Gasteiger partial charge is 0.214 e. The normalized spacial score (nSPS) is 17.2. The standard InChI is InChI=1S/C21H22N2O2S/c1-15(2)26(24,25)23-21-6-4-5-20(21)18-9-7-16(8-10-18)17-11-13-19(22-3)14-12-17/h5,7-15,21,23H,4,6H2,1-2H3. The van der Waals surface area contributed by atoms with E-state index in [2.05, 4.69) is 15.6 Å². The number of hydrogen-bond acceptors (Lipinski definition) is 2. The molecule has 1 aliphatic carbocycles. The Bertz CT molecular complexity index is 951. The highest BCUT2D eigenvalue weighted by atomic mass is 32.2. The summed E-state index contributed by atoms with van der Waals surface area (Å²) in [6.07, 6.45) is 3.79. The van der Waals surface area contributed by atoms with Crippen molar-refractivity contribution in [2.24, 2.45) is 0 Å². The molecule has 1 atom stereocenters. The topological polar surface area (TPSA) is 50.5 Å². The molecule has 1 aliphatic rings. The van der Waals surface area contributed by atoms with Gasteiger partial charge >= 0.3 is 0 Å². The van der Waals surface area contributed by atoms with Crippen LogP contribution in [0.15, 0.2) is 54.6 Å². The fourth-order valence-electron chi connectivity index (χ4n) is 3.06. The number of benzene rings is 2. The predicted molar refractivity (Wildman–Crippen MR) is 106 cm³/mol. The minimum atomic E-state index is -3.30. The van der Waals surface area contributed by atoms with Gasteiger partial charge in [0.25, 0.3) is 0 Å². The Morgan fingerprint density at radius 3 is 2.08 bits per heavy atom. The van der Waals surface area contributed by atoms with Gasteiger partial charge in [-0.2, -0.15) is 0 Å². The second kappa shape index (κ2) is 7.45. The van der Waals surface area contributed by atoms with Gasteiger partial charge in [0.05, 0.1) is 11.8 Å². The number of nitrogens with one attached hydrogen (secondary N) is 1. The summed E-state index contributed by atoms with van der Waals surface area (Å²) in [4.78, 5) is 3.41. The zero-order valence-corrected chi connectivity index (χ0v) is 15.8. The van der Waals surface area contributed by atoms with E-state index in [1.165, 1.54) is 0 Å². The van der Waals surface area contributed by atoms with Gasteiger partial charge < -0.3 is 0 Å². The Labute approximate surface area is 155 Å². The maximum Gasteiger partial charge on any atom is 0.214 e. The molecule has 5 heteroatoms. The SMILES string of the molecule is [C-]#[N+]c1ccc(-c2ccc(C3=CCCC3NS(=O)(=O)C(C)C)cc2)cc1. The molecule has 0 fully saturated rings. The van der Waals surface area contributed by atoms with Gasteiger partial charge in [0.15, 0.2) is 5.69 Å². The second-order valence-electron chi connectivity index (χ2n) is 6.74. The summed E-state index contributed by atoms with van der Waals surface area (Å²) in [6.45, 7) is 10.4. The van der Waals surface area contributed by atoms with Gasteiger partial charge in [0.1, 0.15) is 0 Å². The van der Waals surface area contributed by atoms with Crippen molar-refractivity contribution in [3.8, 4) is 11.1 Å². The molecule has 0 saturated carbocycles. The van der Waals surface area contributed by atoms with Crippen molar-refractivity contribution in [1.82, 2.24) is 4.72 Å². The fourth-order valence-corrected chi connectivity index (χ4v) is 3.98. The molecule has 0 aliphatic heterocycles. The van der Waals surface area contributed by atoms with Crippen molar-refractivity contribution < 1.29 is 8.42 Å². The van der Waals surface area contributed by atoms with E-state index in [9.17, 15) is 8.42 Å². The summed E-state index contributed by atoms with van der Waals surface area (Å²) in [6, 6.07) is 15.5. The lowest BCUT2D eigenvalue weighted by Gasteiger charge is -2.19. The Morgan fingerprint density at radius 1 is 1.00 bits per heavy atom. The highest BCUT2D eigenvalue weighted by Crippen LogP contribution is 2.31. The van der Waals surface area contributed by atoms with Gasteiger partial charge in [-0.1, -0.05) is 54.6 Å². The maximum atomic E-state index is 12.2. The molecule has 2 aromatic rings. The van der Waals surface area contributed by atoms with Crippen molar-refractivity contribution in [3.05, 3.63) is 71.6 Å². The predicted octanol–water partition coefficient (Wildman–Crippen LogP) is 4.78. The van der Waals surface area contributed by atoms with Crippen molar-refractivity contribution in [2.75, 3.05) is 0 Å². The Morgan fingerprint density at radius 2 is 1.54 bits per heavy atom. The maximum absolute atomic E-state index is 12.2. The van der Waals surface area contributed by atoms with Crippen LogP contribution >= 0.6 is 0 Å². The van der Waals surface area contributed by atoms with Crippen LogP contribution in [0.1, 0.15) is 32.3 Å². The number of hydrogen-bond donors (Lipinski definition) is 1. The third kappa shape index (κ3) is 3.87. The summed E-state index contributed by atoms with van der Waals surface area (Å²) in [5, 5.41) is -0.440. The monoisotopic (exact) mass is 366 g/mol. The Hall–Kier alpha value is -2.42. The van der Waals surface area contributed by atoms with Gasteiger partial charge in [0, 0.05) is 6.04 Å². The van der Waals surface area contributed by atoms with Crippen molar-refractivity contribution in [3.63, 3.8) is 0 Å². The van der Waals surface area contributed by atoms with E-state index in [4.69, 9.17) is 6.57 Å². The van der Waals surface area contributed by atoms with Crippen LogP contribution in [-0.2, 0) is 10.0 Å². The van der Waals surface area contributed by atoms with E-state index < -0.39 is 15.3 Å². The van der Waals surface area contributed by atoms with E-state index in [0.29, 0.717) is 5.69 Å². The molecule has 0 bridgehead atoms. The third-order valence-corrected chi connectivity index (χ3v) is 6.52. The van der Waals surface area contributed by atoms with Gasteiger partial charge in [-0.15, -0.1) is 0 Å². The highest BCUT2D eigenvalue weighted by Gasteiger charge is 2.27. The van der Waals surface area contributed by atoms with E-state index in [0.717, 1.165) is 35.1 Å². The molecule has 1 unspecified atom stereocenters. The molecule has 2 aromatic carbocycles. The molecule has 0 spiro atoms. The molecule has 26 heavy (non-hydrogen) atoms. The first-order chi connectivity index (χ1) is 12.4. The summed E-state index contributed by atoms with van der Waals surface area (Å²) in [5.74, 6) is 0. The summed E-state index contributed by atoms with van der Waals surface area (Å²) in [7, 11) is -3.30. The zero-order valence-electron chi connectivity index (χ0n) is 14.9. The van der Waals surface area contributed by atoms with Crippen LogP contribution in [0.3, 0.4) is 0 Å². The summed E-state index contributed by atoms with van der Waals surface area (Å²) < 4.78 is 27.2. The third-order valence-electron chi connectivity index (χ3n) is 4.67. The van der Waals surface area contributed by atoms with Gasteiger partial charge in [-0.25, -0.2) is 18.0 Å². The van der Waals surface area contributed by atoms with Crippen LogP contribution < -0.4 is 4.72 Å². The first-order valence-corrected chi connectivity index (χ1v) is 10.2. The van der Waals surface area contributed by atoms with E-state index in [1.54, 1.807) is 13.8 Å². The van der Waals surface area contributed by atoms with E-state index >= 15 is 0 Å². The lowest BCUT2D eigenvalue weighted by atomic mass is 9.98. The lowest BCUT2D eigenvalue weighted by molar-refractivity contribution is 0.561. The van der Waals surface area contributed by atoms with E-state index in [1.807, 2.05) is 48.5 Å². The average molecular weight is 366 g/mol. The molecular formula is C21H22N2O2S. The molecule has 0 saturated heterocycles. The van der Waals surface area contributed by atoms with Crippen molar-refractivity contribution in [2.45, 2.75) is 38.0 Å². The van der Waals surface area contributed by atoms with Crippen LogP contribution in [0.25, 0.3) is 21.5 Å². The van der Waals surface area contributed by atoms with Crippen molar-refractivity contribution >= 4 is 21.3 Å². The molecule has 0 amide bonds. The Kier molecular flexibility index (Phi) is 5.26. The summed E-state index contributed by atoms with van der Waals surface area (Å²) >= 11 is 0. The molecular weight excluding hydrogens is 344 g/mol. The molecule has 0 aromatic heterocycles. The largest absolute Gasteiger partial charge is 0.238 e. The molecule has 4 nitrogen and oxygen atoms in total. The number of rotatable bonds is 5. The molecule has 1 N–H and O–H groups in total. The average Bonchev–Trinajstić information content (AvgIpc) is 3.09. The Balaban J connectivity index is 1.80. The van der Waals surface area contributed by atoms with Crippen LogP contribution in [0.2, 0.25) is 0 Å². The molecule has 134 valence electrons. The first kappa shape index (κ1) is 18.4. The number of sulfonamides is 1. The van der Waals surface area contributed by atoms with Gasteiger partial charge in [-0.05, 0) is 49.0 Å². The quantitative estimate of drug-likeness (QED) is 0.774.